The van der Waals surface area contributed by atoms with Crippen molar-refractivity contribution in [2.45, 2.75) is 179 Å². The molecular weight excluding hydrogens is 881 g/mol. The highest BCUT2D eigenvalue weighted by molar-refractivity contribution is 6.39. The number of ketones is 2. The number of nitrogens with two attached hydrogens (primary N) is 1. The Morgan fingerprint density at radius 2 is 1.67 bits per heavy atom. The van der Waals surface area contributed by atoms with Gasteiger partial charge in [-0.1, -0.05) is 68.9 Å². The first-order valence-corrected chi connectivity index (χ1v) is 25.5. The Bertz CT molecular complexity index is 2030. The van der Waals surface area contributed by atoms with E-state index in [0.29, 0.717) is 75.6 Å². The molecule has 69 heavy (non-hydrogen) atoms. The SMILES string of the molecule is COC1CC(CC2CC3CCN4C(=O)C(=O)C5(O)O[C@@H](CCC5C)CC(Nc5ccccn5)/C(C)=C/C=C/C=C/[C@@H](C)CC(C)C(=O)[C@H](OC)C(O)/C(C)=C/[C@@H](N)CC[C@@H]2OC(=O)C4C3)CC[C@H]1O. The highest BCUT2D eigenvalue weighted by atomic mass is 16.6. The minimum absolute atomic E-state index is 0.0341. The van der Waals surface area contributed by atoms with E-state index >= 15 is 0 Å². The molecule has 3 saturated heterocycles. The number of esters is 1. The number of carbonyl (C=O) groups is 4. The van der Waals surface area contributed by atoms with E-state index in [1.165, 1.54) is 12.0 Å². The maximum absolute atomic E-state index is 14.5. The van der Waals surface area contributed by atoms with Gasteiger partial charge in [-0.25, -0.2) is 9.78 Å². The first kappa shape index (κ1) is 54.2. The molecule has 0 spiro atoms. The third kappa shape index (κ3) is 13.9. The summed E-state index contributed by atoms with van der Waals surface area (Å²) in [4.78, 5) is 62.9. The van der Waals surface area contributed by atoms with Crippen molar-refractivity contribution in [3.8, 4) is 0 Å². The van der Waals surface area contributed by atoms with Crippen LogP contribution in [-0.2, 0) is 38.1 Å². The molecule has 1 saturated carbocycles. The Kier molecular flexibility index (Phi) is 19.5. The molecule has 5 heterocycles. The zero-order valence-electron chi connectivity index (χ0n) is 41.9. The maximum atomic E-state index is 14.5. The first-order valence-electron chi connectivity index (χ1n) is 25.5. The average molecular weight is 961 g/mol. The van der Waals surface area contributed by atoms with Crippen molar-refractivity contribution in [2.24, 2.45) is 41.2 Å². The third-order valence-corrected chi connectivity index (χ3v) is 15.7. The molecule has 1 aromatic rings. The van der Waals surface area contributed by atoms with E-state index < -0.39 is 77.9 Å². The molecule has 0 radical (unpaired) electrons. The summed E-state index contributed by atoms with van der Waals surface area (Å²) in [5, 5.41) is 37.8. The molecule has 1 amide bonds. The predicted molar refractivity (Wildman–Crippen MR) is 262 cm³/mol. The minimum Gasteiger partial charge on any atom is -0.461 e. The highest BCUT2D eigenvalue weighted by Gasteiger charge is 2.54. The number of nitrogens with zero attached hydrogens (tertiary/aromatic N) is 2. The summed E-state index contributed by atoms with van der Waals surface area (Å²) in [6.45, 7) is 9.44. The van der Waals surface area contributed by atoms with Crippen molar-refractivity contribution >= 4 is 29.3 Å². The second kappa shape index (κ2) is 24.8. The molecule has 4 aliphatic heterocycles. The lowest BCUT2D eigenvalue weighted by Gasteiger charge is -2.45. The number of carbonyl (C=O) groups excluding carboxylic acids is 4. The normalized spacial score (nSPS) is 40.9. The number of fused-ring (bicyclic) bond motifs is 5. The average Bonchev–Trinajstić information content (AvgIpc) is 3.33. The monoisotopic (exact) mass is 961 g/mol. The first-order chi connectivity index (χ1) is 32.9. The summed E-state index contributed by atoms with van der Waals surface area (Å²) >= 11 is 0. The van der Waals surface area contributed by atoms with Gasteiger partial charge in [-0.15, -0.1) is 0 Å². The zero-order valence-corrected chi connectivity index (χ0v) is 41.9. The number of piperidine rings is 1. The van der Waals surface area contributed by atoms with Crippen molar-refractivity contribution in [3.05, 3.63) is 72.0 Å². The molecule has 5 aliphatic rings. The van der Waals surface area contributed by atoms with Gasteiger partial charge < -0.3 is 50.2 Å². The number of aromatic nitrogens is 1. The van der Waals surface area contributed by atoms with Crippen LogP contribution in [0.4, 0.5) is 5.82 Å². The van der Waals surface area contributed by atoms with Gasteiger partial charge in [0.1, 0.15) is 30.2 Å². The number of ether oxygens (including phenoxy) is 4. The van der Waals surface area contributed by atoms with Crippen LogP contribution in [0.25, 0.3) is 0 Å². The van der Waals surface area contributed by atoms with E-state index in [0.717, 1.165) is 24.8 Å². The second-order valence-electron chi connectivity index (χ2n) is 21.0. The summed E-state index contributed by atoms with van der Waals surface area (Å²) in [6, 6.07) is 3.63. The van der Waals surface area contributed by atoms with E-state index in [1.54, 1.807) is 33.2 Å². The molecular formula is C54H80N4O11. The Hall–Kier alpha value is -4.09. The van der Waals surface area contributed by atoms with Crippen LogP contribution in [0.3, 0.4) is 0 Å². The molecule has 0 aromatic carbocycles. The maximum Gasteiger partial charge on any atom is 0.329 e. The Balaban J connectivity index is 1.31. The van der Waals surface area contributed by atoms with Crippen molar-refractivity contribution in [3.63, 3.8) is 0 Å². The smallest absolute Gasteiger partial charge is 0.329 e. The number of hydrogen-bond donors (Lipinski definition) is 5. The Morgan fingerprint density at radius 3 is 2.39 bits per heavy atom. The number of amides is 1. The van der Waals surface area contributed by atoms with Crippen LogP contribution in [0.1, 0.15) is 118 Å². The summed E-state index contributed by atoms with van der Waals surface area (Å²) in [6.07, 6.45) is 15.9. The van der Waals surface area contributed by atoms with Gasteiger partial charge in [-0.2, -0.15) is 0 Å². The number of hydrogen-bond acceptors (Lipinski definition) is 14. The van der Waals surface area contributed by atoms with Gasteiger partial charge >= 0.3 is 5.97 Å². The molecule has 1 aliphatic carbocycles. The van der Waals surface area contributed by atoms with Crippen molar-refractivity contribution in [1.82, 2.24) is 9.88 Å². The van der Waals surface area contributed by atoms with Crippen LogP contribution >= 0.6 is 0 Å². The molecule has 15 heteroatoms. The summed E-state index contributed by atoms with van der Waals surface area (Å²) in [5.74, 6) is -5.50. The van der Waals surface area contributed by atoms with Gasteiger partial charge in [0, 0.05) is 44.8 Å². The van der Waals surface area contributed by atoms with Gasteiger partial charge in [0.15, 0.2) is 5.78 Å². The number of methoxy groups -OCH3 is 2. The number of allylic oxidation sites excluding steroid dienone is 5. The number of Topliss-reactive ketones (excluding diaryl/α,β-unsaturated/α-hetero) is 2. The lowest BCUT2D eigenvalue weighted by atomic mass is 9.73. The van der Waals surface area contributed by atoms with Crippen LogP contribution in [0.15, 0.2) is 72.0 Å². The van der Waals surface area contributed by atoms with E-state index in [2.05, 4.69) is 10.3 Å². The van der Waals surface area contributed by atoms with Crippen LogP contribution in [0.2, 0.25) is 0 Å². The Morgan fingerprint density at radius 1 is 0.884 bits per heavy atom. The second-order valence-corrected chi connectivity index (χ2v) is 21.0. The quantitative estimate of drug-likeness (QED) is 0.123. The van der Waals surface area contributed by atoms with Gasteiger partial charge in [0.2, 0.25) is 5.79 Å². The largest absolute Gasteiger partial charge is 0.461 e. The fourth-order valence-electron chi connectivity index (χ4n) is 11.5. The standard InChI is InChI=1S/C54H80N4O11/c1-32-13-9-8-10-14-33(2)42(57-47-15-11-12-23-56-47)31-41-19-16-36(5)54(65,69-41)51(62)52(63)58-24-22-38-28-39(27-37-17-20-44(59)46(30-37)66-6)45(68-53(64)43(58)29-38)21-18-40(55)26-35(4)49(61)50(67-7)48(60)34(3)25-32/h8-15,23,26,32,34,36-46,49-50,59,61,65H,16-22,24-25,27-31,55H2,1-7H3,(H,56,57)/b10-8+,13-9+,33-14+,35-26+/t32-,34?,36?,37?,38?,39?,40+,41+,42?,43?,44-,45+,46?,49?,50+,54?/m1/s1. The topological polar surface area (TPSA) is 220 Å². The predicted octanol–water partition coefficient (Wildman–Crippen LogP) is 6.16. The van der Waals surface area contributed by atoms with Crippen LogP contribution in [-0.4, -0.2) is 130 Å². The summed E-state index contributed by atoms with van der Waals surface area (Å²) < 4.78 is 24.1. The van der Waals surface area contributed by atoms with Gasteiger partial charge in [0.05, 0.1) is 24.4 Å². The van der Waals surface area contributed by atoms with Crippen LogP contribution in [0.5, 0.6) is 0 Å². The number of aliphatic hydroxyl groups excluding tert-OH is 2. The van der Waals surface area contributed by atoms with Gasteiger partial charge in [-0.05, 0) is 139 Å². The number of anilines is 1. The van der Waals surface area contributed by atoms with E-state index in [4.69, 9.17) is 24.7 Å². The third-order valence-electron chi connectivity index (χ3n) is 15.7. The van der Waals surface area contributed by atoms with Gasteiger partial charge in [0.25, 0.3) is 11.7 Å². The fraction of sp³-hybridized carbons (Fsp3) is 0.685. The van der Waals surface area contributed by atoms with Crippen LogP contribution < -0.4 is 11.1 Å². The molecule has 15 nitrogen and oxygen atoms in total. The lowest BCUT2D eigenvalue weighted by Crippen LogP contribution is -2.61. The number of aliphatic hydroxyl groups is 3. The highest BCUT2D eigenvalue weighted by Crippen LogP contribution is 2.42. The summed E-state index contributed by atoms with van der Waals surface area (Å²) in [5.41, 5.74) is 8.17. The van der Waals surface area contributed by atoms with Crippen LogP contribution in [0, 0.1) is 35.5 Å². The fourth-order valence-corrected chi connectivity index (χ4v) is 11.5. The molecule has 16 atom stereocenters. The molecule has 4 fully saturated rings. The van der Waals surface area contributed by atoms with E-state index in [-0.39, 0.29) is 48.1 Å². The summed E-state index contributed by atoms with van der Waals surface area (Å²) in [7, 11) is 3.03. The van der Waals surface area contributed by atoms with Crippen molar-refractivity contribution < 1.29 is 53.4 Å². The van der Waals surface area contributed by atoms with Crippen molar-refractivity contribution in [2.75, 3.05) is 26.1 Å². The lowest BCUT2D eigenvalue weighted by molar-refractivity contribution is -0.263. The number of nitrogens with one attached hydrogen (secondary N) is 1. The molecule has 1 aromatic heterocycles. The van der Waals surface area contributed by atoms with E-state index in [1.807, 2.05) is 69.4 Å². The minimum atomic E-state index is -2.42. The number of rotatable bonds is 6. The van der Waals surface area contributed by atoms with Crippen molar-refractivity contribution in [1.29, 1.82) is 0 Å². The molecule has 6 N–H and O–H groups in total. The molecule has 382 valence electrons. The number of pyridine rings is 1. The zero-order chi connectivity index (χ0) is 50.0. The Labute approximate surface area is 409 Å². The molecule has 10 unspecified atom stereocenters. The van der Waals surface area contributed by atoms with Gasteiger partial charge in [-0.3, -0.25) is 14.4 Å². The molecule has 6 rings (SSSR count). The molecule has 5 bridgehead atoms. The van der Waals surface area contributed by atoms with E-state index in [9.17, 15) is 34.5 Å².